The summed E-state index contributed by atoms with van der Waals surface area (Å²) in [5.74, 6) is -3.99. The summed E-state index contributed by atoms with van der Waals surface area (Å²) in [4.78, 5) is 74.6. The SMILES string of the molecule is C.CO[C@H]1/C=C\C=C(/C)C(=O)NC2=CC(=O)C(N)=C(C[C@@H](C)C[C@H](OC)[C@H](O)[C@@H](C)/C=C(\C)[C@@H]1OC(N)=O)C2=O.CO[C@H]1/C=C\C=C(/C)C(=O)Nc2cc(O)c(N)c(c2O)C[C@@H](C)C[C@H](OC)[C@H](O)[C@@H](C)/C=C(\C)[C@@H]1OC(N)=O. The third kappa shape index (κ3) is 19.1. The molecule has 0 saturated carbocycles. The number of carbonyl (C=O) groups excluding carboxylic acids is 6. The zero-order valence-electron chi connectivity index (χ0n) is 46.5. The van der Waals surface area contributed by atoms with Crippen molar-refractivity contribution in [3.63, 3.8) is 0 Å². The maximum Gasteiger partial charge on any atom is 0.405 e. The van der Waals surface area contributed by atoms with E-state index in [1.165, 1.54) is 59.7 Å². The summed E-state index contributed by atoms with van der Waals surface area (Å²) in [6, 6.07) is 1.19. The van der Waals surface area contributed by atoms with Crippen molar-refractivity contribution in [1.29, 1.82) is 0 Å². The van der Waals surface area contributed by atoms with E-state index in [2.05, 4.69) is 10.6 Å². The van der Waals surface area contributed by atoms with E-state index in [1.807, 2.05) is 13.8 Å². The highest BCUT2D eigenvalue weighted by atomic mass is 16.6. The first kappa shape index (κ1) is 68.0. The summed E-state index contributed by atoms with van der Waals surface area (Å²) < 4.78 is 32.9. The highest BCUT2D eigenvalue weighted by Gasteiger charge is 2.34. The van der Waals surface area contributed by atoms with Crippen molar-refractivity contribution < 1.29 is 77.6 Å². The van der Waals surface area contributed by atoms with E-state index in [-0.39, 0.29) is 88.7 Å². The van der Waals surface area contributed by atoms with Crippen LogP contribution in [0.15, 0.2) is 100 Å². The number of nitrogens with one attached hydrogen (secondary N) is 2. The molecule has 3 aliphatic rings. The van der Waals surface area contributed by atoms with Gasteiger partial charge in [0, 0.05) is 74.7 Å². The van der Waals surface area contributed by atoms with Crippen molar-refractivity contribution in [2.45, 2.75) is 137 Å². The number of benzene rings is 1. The van der Waals surface area contributed by atoms with Crippen molar-refractivity contribution in [2.75, 3.05) is 39.5 Å². The van der Waals surface area contributed by atoms with E-state index < -0.39 is 96.2 Å². The molecule has 2 aliphatic heterocycles. The van der Waals surface area contributed by atoms with E-state index in [0.717, 1.165) is 6.08 Å². The largest absolute Gasteiger partial charge is 0.506 e. The number of phenolic OH excluding ortho intramolecular Hbond substituents is 2. The van der Waals surface area contributed by atoms with Gasteiger partial charge in [-0.3, -0.25) is 19.2 Å². The van der Waals surface area contributed by atoms with Crippen LogP contribution in [0.25, 0.3) is 0 Å². The number of phenols is 2. The number of ketones is 2. The van der Waals surface area contributed by atoms with Gasteiger partial charge in [0.25, 0.3) is 11.8 Å². The van der Waals surface area contributed by atoms with Gasteiger partial charge in [-0.2, -0.15) is 0 Å². The van der Waals surface area contributed by atoms with Crippen LogP contribution in [0.4, 0.5) is 21.0 Å². The first-order valence-electron chi connectivity index (χ1n) is 25.3. The maximum absolute atomic E-state index is 13.2. The van der Waals surface area contributed by atoms with Crippen LogP contribution in [-0.2, 0) is 54.0 Å². The van der Waals surface area contributed by atoms with Crippen LogP contribution in [0.1, 0.15) is 87.6 Å². The molecule has 2 heterocycles. The molecule has 4 rings (SSSR count). The van der Waals surface area contributed by atoms with Gasteiger partial charge in [0.05, 0.1) is 47.2 Å². The monoisotopic (exact) mass is 1110 g/mol. The predicted molar refractivity (Wildman–Crippen MR) is 299 cm³/mol. The molecule has 1 aromatic carbocycles. The molecule has 438 valence electrons. The quantitative estimate of drug-likeness (QED) is 0.0553. The smallest absolute Gasteiger partial charge is 0.405 e. The van der Waals surface area contributed by atoms with Crippen molar-refractivity contribution in [3.8, 4) is 11.5 Å². The number of aromatic hydroxyl groups is 2. The minimum atomic E-state index is -1.00. The number of fused-ring (bicyclic) bond motifs is 4. The molecule has 1 aromatic rings. The number of ether oxygens (including phenoxy) is 6. The predicted octanol–water partition coefficient (Wildman–Crippen LogP) is 5.50. The zero-order chi connectivity index (χ0) is 58.9. The molecule has 0 unspecified atom stereocenters. The number of allylic oxidation sites excluding steroid dienone is 6. The van der Waals surface area contributed by atoms with E-state index in [9.17, 15) is 49.2 Å². The summed E-state index contributed by atoms with van der Waals surface area (Å²) in [6.45, 7) is 13.9. The second-order valence-electron chi connectivity index (χ2n) is 20.0. The lowest BCUT2D eigenvalue weighted by atomic mass is 9.85. The van der Waals surface area contributed by atoms with Gasteiger partial charge in [-0.05, 0) is 76.4 Å². The van der Waals surface area contributed by atoms with Crippen LogP contribution < -0.4 is 33.6 Å². The lowest BCUT2D eigenvalue weighted by molar-refractivity contribution is -0.120. The summed E-state index contributed by atoms with van der Waals surface area (Å²) in [7, 11) is 5.83. The average Bonchev–Trinajstić information content (AvgIpc) is 3.38. The number of nitrogen functional groups attached to an aromatic ring is 1. The van der Waals surface area contributed by atoms with E-state index in [1.54, 1.807) is 65.0 Å². The number of hydrogen-bond donors (Lipinski definition) is 10. The Morgan fingerprint density at radius 2 is 1.09 bits per heavy atom. The molecule has 22 heteroatoms. The average molecular weight is 1110 g/mol. The Morgan fingerprint density at radius 1 is 0.658 bits per heavy atom. The van der Waals surface area contributed by atoms with Crippen molar-refractivity contribution in [2.24, 2.45) is 40.9 Å². The topological polar surface area (TPSA) is 367 Å². The Kier molecular flexibility index (Phi) is 27.1. The molecule has 12 atom stereocenters. The molecule has 0 aromatic heterocycles. The number of hydrogen-bond acceptors (Lipinski definition) is 18. The van der Waals surface area contributed by atoms with E-state index >= 15 is 0 Å². The van der Waals surface area contributed by atoms with Crippen molar-refractivity contribution in [3.05, 3.63) is 106 Å². The first-order chi connectivity index (χ1) is 36.6. The van der Waals surface area contributed by atoms with Gasteiger partial charge in [-0.25, -0.2) is 9.59 Å². The molecule has 0 radical (unpaired) electrons. The fourth-order valence-corrected chi connectivity index (χ4v) is 9.24. The van der Waals surface area contributed by atoms with Crippen LogP contribution in [0, 0.1) is 23.7 Å². The molecule has 0 fully saturated rings. The summed E-state index contributed by atoms with van der Waals surface area (Å²) in [5.41, 5.74) is 24.4. The van der Waals surface area contributed by atoms with Gasteiger partial charge in [0.15, 0.2) is 12.2 Å². The number of Topliss-reactive ketones (excluding diaryl/α,β-unsaturated/α-hetero) is 1. The minimum Gasteiger partial charge on any atom is -0.506 e. The van der Waals surface area contributed by atoms with Crippen LogP contribution in [0.3, 0.4) is 0 Å². The maximum atomic E-state index is 13.2. The van der Waals surface area contributed by atoms with Gasteiger partial charge in [-0.15, -0.1) is 0 Å². The Balaban J connectivity index is 0.000000533. The molecular formula is C57H84N6O16. The van der Waals surface area contributed by atoms with Crippen LogP contribution in [0.5, 0.6) is 11.5 Å². The van der Waals surface area contributed by atoms with Gasteiger partial charge in [-0.1, -0.05) is 83.7 Å². The second-order valence-corrected chi connectivity index (χ2v) is 20.0. The third-order valence-electron chi connectivity index (χ3n) is 13.7. The number of methoxy groups -OCH3 is 4. The number of primary amides is 2. The zero-order valence-corrected chi connectivity index (χ0v) is 46.5. The van der Waals surface area contributed by atoms with E-state index in [0.29, 0.717) is 24.0 Å². The van der Waals surface area contributed by atoms with Crippen LogP contribution in [0.2, 0.25) is 0 Å². The number of aliphatic hydroxyl groups excluding tert-OH is 2. The molecule has 0 saturated heterocycles. The normalized spacial score (nSPS) is 31.6. The second kappa shape index (κ2) is 31.5. The molecule has 4 amide bonds. The van der Waals surface area contributed by atoms with Gasteiger partial charge in [0.2, 0.25) is 11.6 Å². The minimum absolute atomic E-state index is 0. The third-order valence-corrected chi connectivity index (χ3v) is 13.7. The Labute approximate surface area is 463 Å². The molecule has 79 heavy (non-hydrogen) atoms. The fourth-order valence-electron chi connectivity index (χ4n) is 9.24. The standard InChI is InChI=1S/C28H41N3O8.C28H39N3O8.CH4/c2*1-14-10-18-23(29)20(32)13-19(25(18)34)31-27(35)15(2)8-7-9-21(37-5)26(39-28(30)36)17(4)12-16(3)24(33)22(11-14)38-6;/h7-9,12-14,16,21-22,24,26,32-34H,10-11,29H2,1-6H3,(H2,30,36)(H,31,35);7-9,12-14,16,21-22,24,26,33H,10-11,29H2,1-6H3,(H2,30,36)(H,31,35);1H4/b2*9-7-,15-8+,17-12+;/t2*14-,16+,21+,22+,24-,26+;/m11./s1. The first-order valence-corrected chi connectivity index (χ1v) is 25.3. The summed E-state index contributed by atoms with van der Waals surface area (Å²) in [6.07, 6.45) is 6.45. The summed E-state index contributed by atoms with van der Waals surface area (Å²) >= 11 is 0. The number of carbonyl (C=O) groups is 6. The van der Waals surface area contributed by atoms with E-state index in [4.69, 9.17) is 51.4 Å². The highest BCUT2D eigenvalue weighted by molar-refractivity contribution is 6.23. The number of anilines is 2. The van der Waals surface area contributed by atoms with Gasteiger partial charge in [0.1, 0.15) is 23.7 Å². The number of aliphatic hydroxyl groups is 2. The Morgan fingerprint density at radius 3 is 1.51 bits per heavy atom. The summed E-state index contributed by atoms with van der Waals surface area (Å²) in [5, 5.41) is 48.6. The molecule has 0 spiro atoms. The Bertz CT molecular complexity index is 2620. The number of rotatable bonds is 6. The van der Waals surface area contributed by atoms with Gasteiger partial charge >= 0.3 is 12.2 Å². The fraction of sp³-hybridized carbons (Fsp3) is 0.509. The van der Waals surface area contributed by atoms with Crippen LogP contribution in [-0.4, -0.2) is 133 Å². The lowest BCUT2D eigenvalue weighted by Gasteiger charge is -2.29. The molecule has 22 nitrogen and oxygen atoms in total. The number of nitrogens with two attached hydrogens (primary N) is 4. The molecule has 1 aliphatic carbocycles. The Hall–Kier alpha value is -7.08. The molecular weight excluding hydrogens is 1020 g/mol. The van der Waals surface area contributed by atoms with Crippen molar-refractivity contribution >= 4 is 46.9 Å². The lowest BCUT2D eigenvalue weighted by Crippen LogP contribution is -2.37. The van der Waals surface area contributed by atoms with Crippen LogP contribution >= 0.6 is 0 Å². The van der Waals surface area contributed by atoms with Gasteiger partial charge < -0.3 is 82.4 Å². The molecule has 4 bridgehead atoms. The van der Waals surface area contributed by atoms with Crippen molar-refractivity contribution in [1.82, 2.24) is 5.32 Å². The number of amides is 4. The highest BCUT2D eigenvalue weighted by Crippen LogP contribution is 2.41. The molecule has 14 N–H and O–H groups in total.